The Morgan fingerprint density at radius 3 is 2.53 bits per heavy atom. The highest BCUT2D eigenvalue weighted by molar-refractivity contribution is 7.99. The molecule has 2 heterocycles. The molecule has 0 unspecified atom stereocenters. The van der Waals surface area contributed by atoms with E-state index in [9.17, 15) is 18.0 Å². The van der Waals surface area contributed by atoms with E-state index in [0.717, 1.165) is 23.1 Å². The van der Waals surface area contributed by atoms with Crippen LogP contribution in [0.3, 0.4) is 0 Å². The van der Waals surface area contributed by atoms with Gasteiger partial charge < -0.3 is 14.0 Å². The van der Waals surface area contributed by atoms with Gasteiger partial charge >= 0.3 is 6.36 Å². The van der Waals surface area contributed by atoms with Gasteiger partial charge in [0.1, 0.15) is 5.75 Å². The Morgan fingerprint density at radius 1 is 1.22 bits per heavy atom. The van der Waals surface area contributed by atoms with E-state index >= 15 is 0 Å². The molecule has 0 saturated carbocycles. The number of hydrogen-bond donors (Lipinski definition) is 0. The number of aryl methyl sites for hydroxylation is 1. The number of thioether (sulfide) groups is 1. The Balaban J connectivity index is 1.71. The van der Waals surface area contributed by atoms with E-state index < -0.39 is 6.36 Å². The van der Waals surface area contributed by atoms with Crippen LogP contribution >= 0.6 is 11.8 Å². The first-order valence-electron chi connectivity index (χ1n) is 9.58. The highest BCUT2D eigenvalue weighted by Gasteiger charge is 2.31. The third kappa shape index (κ3) is 5.49. The topological polar surface area (TPSA) is 84.1 Å². The number of methoxy groups -OCH3 is 1. The predicted molar refractivity (Wildman–Crippen MR) is 111 cm³/mol. The normalized spacial score (nSPS) is 12.7. The van der Waals surface area contributed by atoms with Gasteiger partial charge in [-0.2, -0.15) is 4.68 Å². The summed E-state index contributed by atoms with van der Waals surface area (Å²) in [5, 5.41) is 11.7. The molecular formula is C20H22F3N5O3S. The molecule has 8 nitrogen and oxygen atoms in total. The second kappa shape index (κ2) is 9.74. The minimum absolute atomic E-state index is 0.0811. The second-order valence-electron chi connectivity index (χ2n) is 7.09. The maximum Gasteiger partial charge on any atom is 0.573 e. The molecule has 172 valence electrons. The minimum atomic E-state index is -4.77. The van der Waals surface area contributed by atoms with Gasteiger partial charge in [0.05, 0.1) is 24.1 Å². The van der Waals surface area contributed by atoms with Gasteiger partial charge in [-0.05, 0) is 61.5 Å². The van der Waals surface area contributed by atoms with Gasteiger partial charge in [0, 0.05) is 24.1 Å². The summed E-state index contributed by atoms with van der Waals surface area (Å²) in [5.74, 6) is -0.335. The summed E-state index contributed by atoms with van der Waals surface area (Å²) >= 11 is 1.14. The monoisotopic (exact) mass is 469 g/mol. The van der Waals surface area contributed by atoms with Gasteiger partial charge in [-0.15, -0.1) is 18.3 Å². The van der Waals surface area contributed by atoms with Crippen LogP contribution in [0.15, 0.2) is 35.5 Å². The molecule has 3 aromatic rings. The number of tetrazole rings is 1. The zero-order valence-corrected chi connectivity index (χ0v) is 18.7. The zero-order chi connectivity index (χ0) is 23.5. The van der Waals surface area contributed by atoms with Crippen molar-refractivity contribution in [3.63, 3.8) is 0 Å². The van der Waals surface area contributed by atoms with Crippen LogP contribution in [-0.4, -0.2) is 56.4 Å². The number of ketones is 1. The molecule has 0 radical (unpaired) electrons. The van der Waals surface area contributed by atoms with Crippen molar-refractivity contribution < 1.29 is 27.4 Å². The minimum Gasteiger partial charge on any atom is -0.406 e. The number of Topliss-reactive ketones (excluding diaryl/α,β-unsaturated/α-hetero) is 1. The number of nitrogens with zero attached hydrogens (tertiary/aromatic N) is 5. The fourth-order valence-corrected chi connectivity index (χ4v) is 4.26. The predicted octanol–water partition coefficient (Wildman–Crippen LogP) is 4.16. The molecule has 1 atom stereocenters. The molecule has 1 aromatic carbocycles. The number of carbonyl (C=O) groups excluding carboxylic acids is 1. The van der Waals surface area contributed by atoms with Crippen molar-refractivity contribution in [2.24, 2.45) is 0 Å². The summed E-state index contributed by atoms with van der Waals surface area (Å²) in [5.41, 5.74) is 2.88. The first-order chi connectivity index (χ1) is 15.1. The molecule has 0 aliphatic rings. The number of halogens is 3. The van der Waals surface area contributed by atoms with Crippen LogP contribution in [0.25, 0.3) is 5.69 Å². The summed E-state index contributed by atoms with van der Waals surface area (Å²) < 4.78 is 49.5. The Kier molecular flexibility index (Phi) is 7.24. The van der Waals surface area contributed by atoms with Gasteiger partial charge in [0.2, 0.25) is 5.16 Å². The summed E-state index contributed by atoms with van der Waals surface area (Å²) in [7, 11) is 1.63. The molecule has 0 fully saturated rings. The lowest BCUT2D eigenvalue weighted by molar-refractivity contribution is -0.274. The van der Waals surface area contributed by atoms with E-state index in [2.05, 4.69) is 24.8 Å². The van der Waals surface area contributed by atoms with Gasteiger partial charge in [0.25, 0.3) is 0 Å². The molecule has 0 bridgehead atoms. The van der Waals surface area contributed by atoms with E-state index in [-0.39, 0.29) is 23.3 Å². The molecule has 3 rings (SSSR count). The largest absolute Gasteiger partial charge is 0.573 e. The maximum absolute atomic E-state index is 12.9. The lowest BCUT2D eigenvalue weighted by Gasteiger charge is -2.17. The van der Waals surface area contributed by atoms with Crippen LogP contribution in [0.1, 0.15) is 34.7 Å². The van der Waals surface area contributed by atoms with Gasteiger partial charge in [-0.3, -0.25) is 4.79 Å². The summed E-state index contributed by atoms with van der Waals surface area (Å²) in [6.07, 6.45) is -4.77. The average molecular weight is 469 g/mol. The van der Waals surface area contributed by atoms with Gasteiger partial charge in [-0.25, -0.2) is 0 Å². The van der Waals surface area contributed by atoms with Crippen molar-refractivity contribution in [1.29, 1.82) is 0 Å². The van der Waals surface area contributed by atoms with Gasteiger partial charge in [0.15, 0.2) is 5.78 Å². The molecule has 0 amide bonds. The number of ether oxygens (including phenoxy) is 2. The Morgan fingerprint density at radius 2 is 1.91 bits per heavy atom. The third-order valence-corrected chi connectivity index (χ3v) is 5.64. The SMILES string of the molecule is COC[C@@H](C)n1c(C)cc(C(=O)CSc2nnnn2-c2ccc(OC(F)(F)F)cc2)c1C. The molecule has 0 aliphatic heterocycles. The van der Waals surface area contributed by atoms with E-state index in [1.54, 1.807) is 7.11 Å². The van der Waals surface area contributed by atoms with Crippen LogP contribution in [0.5, 0.6) is 5.75 Å². The van der Waals surface area contributed by atoms with E-state index in [0.29, 0.717) is 23.0 Å². The summed E-state index contributed by atoms with van der Waals surface area (Å²) in [6.45, 7) is 6.38. The molecular weight excluding hydrogens is 447 g/mol. The van der Waals surface area contributed by atoms with Crippen molar-refractivity contribution in [3.05, 3.63) is 47.3 Å². The molecule has 0 spiro atoms. The van der Waals surface area contributed by atoms with Crippen molar-refractivity contribution in [1.82, 2.24) is 24.8 Å². The molecule has 2 aromatic heterocycles. The average Bonchev–Trinajstić information content (AvgIpc) is 3.29. The lowest BCUT2D eigenvalue weighted by atomic mass is 10.2. The van der Waals surface area contributed by atoms with Crippen LogP contribution < -0.4 is 4.74 Å². The fraction of sp³-hybridized carbons (Fsp3) is 0.400. The van der Waals surface area contributed by atoms with Crippen molar-refractivity contribution in [2.75, 3.05) is 19.5 Å². The Bertz CT molecular complexity index is 1080. The number of aromatic nitrogens is 5. The first-order valence-corrected chi connectivity index (χ1v) is 10.6. The molecule has 12 heteroatoms. The van der Waals surface area contributed by atoms with Crippen LogP contribution in [0.4, 0.5) is 13.2 Å². The number of carbonyl (C=O) groups is 1. The number of alkyl halides is 3. The fourth-order valence-electron chi connectivity index (χ4n) is 3.48. The highest BCUT2D eigenvalue weighted by Crippen LogP contribution is 2.26. The van der Waals surface area contributed by atoms with E-state index in [1.807, 2.05) is 26.8 Å². The number of rotatable bonds is 9. The molecule has 0 N–H and O–H groups in total. The summed E-state index contributed by atoms with van der Waals surface area (Å²) in [6, 6.07) is 7.07. The quantitative estimate of drug-likeness (QED) is 0.344. The summed E-state index contributed by atoms with van der Waals surface area (Å²) in [4.78, 5) is 12.9. The highest BCUT2D eigenvalue weighted by atomic mass is 32.2. The van der Waals surface area contributed by atoms with Crippen LogP contribution in [0.2, 0.25) is 0 Å². The van der Waals surface area contributed by atoms with E-state index in [4.69, 9.17) is 4.74 Å². The zero-order valence-electron chi connectivity index (χ0n) is 17.9. The Hall–Kier alpha value is -2.86. The number of benzene rings is 1. The third-order valence-electron chi connectivity index (χ3n) is 4.72. The van der Waals surface area contributed by atoms with Crippen molar-refractivity contribution >= 4 is 17.5 Å². The van der Waals surface area contributed by atoms with Gasteiger partial charge in [-0.1, -0.05) is 11.8 Å². The first kappa shape index (κ1) is 23.8. The second-order valence-corrected chi connectivity index (χ2v) is 8.03. The maximum atomic E-state index is 12.9. The molecule has 0 aliphatic carbocycles. The molecule has 0 saturated heterocycles. The van der Waals surface area contributed by atoms with Crippen LogP contribution in [0, 0.1) is 13.8 Å². The Labute approximate surface area is 186 Å². The number of hydrogen-bond acceptors (Lipinski definition) is 7. The lowest BCUT2D eigenvalue weighted by Crippen LogP contribution is -2.17. The standard InChI is InChI=1S/C20H22F3N5O3S/c1-12-9-17(14(3)27(12)13(2)10-30-4)18(29)11-32-19-24-25-26-28(19)15-5-7-16(8-6-15)31-20(21,22)23/h5-9,13H,10-11H2,1-4H3/t13-/m1/s1. The molecule has 32 heavy (non-hydrogen) atoms. The van der Waals surface area contributed by atoms with Crippen molar-refractivity contribution in [2.45, 2.75) is 38.3 Å². The van der Waals surface area contributed by atoms with E-state index in [1.165, 1.54) is 28.9 Å². The van der Waals surface area contributed by atoms with Crippen molar-refractivity contribution in [3.8, 4) is 11.4 Å². The smallest absolute Gasteiger partial charge is 0.406 e. The van der Waals surface area contributed by atoms with Crippen LogP contribution in [-0.2, 0) is 4.74 Å².